The normalized spacial score (nSPS) is 17.1. The Balaban J connectivity index is 1.55. The molecule has 0 saturated carbocycles. The molecule has 27 heavy (non-hydrogen) atoms. The van der Waals surface area contributed by atoms with Crippen LogP contribution in [-0.2, 0) is 0 Å². The molecule has 1 N–H and O–H groups in total. The highest BCUT2D eigenvalue weighted by Crippen LogP contribution is 2.27. The molecule has 2 aromatic heterocycles. The van der Waals surface area contributed by atoms with Gasteiger partial charge in [-0.3, -0.25) is 9.59 Å². The number of carbonyl (C=O) groups is 1. The number of piperidine rings is 1. The summed E-state index contributed by atoms with van der Waals surface area (Å²) in [7, 11) is 0. The fourth-order valence-electron chi connectivity index (χ4n) is 3.65. The minimum absolute atomic E-state index is 0.00494. The molecule has 4 rings (SSSR count). The van der Waals surface area contributed by atoms with E-state index in [4.69, 9.17) is 4.42 Å². The van der Waals surface area contributed by atoms with Crippen LogP contribution in [0.25, 0.3) is 11.3 Å². The molecule has 0 bridgehead atoms. The summed E-state index contributed by atoms with van der Waals surface area (Å²) in [5.74, 6) is 1.42. The molecule has 1 saturated heterocycles. The van der Waals surface area contributed by atoms with Crippen LogP contribution < -0.4 is 5.56 Å². The van der Waals surface area contributed by atoms with Crippen LogP contribution >= 0.6 is 0 Å². The SMILES string of the molecule is Cc1nc([C@H]2CCCN(C(=O)c3cccc(-c4ccco4)c3)C2)cc(=O)[nH]1. The Morgan fingerprint density at radius 2 is 2.15 bits per heavy atom. The third kappa shape index (κ3) is 3.69. The first-order valence-electron chi connectivity index (χ1n) is 9.11. The number of aryl methyl sites for hydroxylation is 1. The molecule has 1 aliphatic rings. The lowest BCUT2D eigenvalue weighted by molar-refractivity contribution is 0.0706. The highest BCUT2D eigenvalue weighted by Gasteiger charge is 2.27. The van der Waals surface area contributed by atoms with Crippen LogP contribution in [0.2, 0.25) is 0 Å². The maximum absolute atomic E-state index is 13.0. The number of nitrogens with one attached hydrogen (secondary N) is 1. The average Bonchev–Trinajstić information content (AvgIpc) is 3.22. The van der Waals surface area contributed by atoms with Crippen molar-refractivity contribution in [1.82, 2.24) is 14.9 Å². The Morgan fingerprint density at radius 3 is 2.93 bits per heavy atom. The highest BCUT2D eigenvalue weighted by molar-refractivity contribution is 5.95. The number of benzene rings is 1. The molecule has 0 spiro atoms. The Hall–Kier alpha value is -3.15. The number of furan rings is 1. The van der Waals surface area contributed by atoms with Crippen molar-refractivity contribution in [2.24, 2.45) is 0 Å². The maximum Gasteiger partial charge on any atom is 0.253 e. The summed E-state index contributed by atoms with van der Waals surface area (Å²) < 4.78 is 5.43. The zero-order chi connectivity index (χ0) is 18.8. The van der Waals surface area contributed by atoms with Gasteiger partial charge in [-0.2, -0.15) is 0 Å². The van der Waals surface area contributed by atoms with Crippen molar-refractivity contribution < 1.29 is 9.21 Å². The predicted octanol–water partition coefficient (Wildman–Crippen LogP) is 3.36. The van der Waals surface area contributed by atoms with Crippen molar-refractivity contribution in [3.63, 3.8) is 0 Å². The molecule has 0 aliphatic carbocycles. The van der Waals surface area contributed by atoms with E-state index in [9.17, 15) is 9.59 Å². The fraction of sp³-hybridized carbons (Fsp3) is 0.286. The first-order valence-corrected chi connectivity index (χ1v) is 9.11. The standard InChI is InChI=1S/C21H21N3O3/c1-14-22-18(12-20(25)23-14)17-7-3-9-24(13-17)21(26)16-6-2-5-15(11-16)19-8-4-10-27-19/h2,4-6,8,10-12,17H,3,7,9,13H2,1H3,(H,22,23,25)/t17-/m0/s1. The minimum Gasteiger partial charge on any atom is -0.464 e. The van der Waals surface area contributed by atoms with Gasteiger partial charge in [-0.15, -0.1) is 0 Å². The number of nitrogens with zero attached hydrogens (tertiary/aromatic N) is 2. The Bertz CT molecular complexity index is 1010. The van der Waals surface area contributed by atoms with Crippen LogP contribution in [0.15, 0.2) is 57.9 Å². The topological polar surface area (TPSA) is 79.2 Å². The third-order valence-electron chi connectivity index (χ3n) is 4.92. The number of rotatable bonds is 3. The van der Waals surface area contributed by atoms with Gasteiger partial charge in [-0.1, -0.05) is 12.1 Å². The monoisotopic (exact) mass is 363 g/mol. The third-order valence-corrected chi connectivity index (χ3v) is 4.92. The molecule has 1 aromatic carbocycles. The largest absolute Gasteiger partial charge is 0.464 e. The van der Waals surface area contributed by atoms with Gasteiger partial charge in [-0.25, -0.2) is 4.98 Å². The number of likely N-dealkylation sites (tertiary alicyclic amines) is 1. The molecule has 0 radical (unpaired) electrons. The molecule has 6 heteroatoms. The number of hydrogen-bond donors (Lipinski definition) is 1. The molecule has 0 unspecified atom stereocenters. The van der Waals surface area contributed by atoms with E-state index >= 15 is 0 Å². The molecule has 1 atom stereocenters. The summed E-state index contributed by atoms with van der Waals surface area (Å²) in [6.07, 6.45) is 3.43. The Kier molecular flexibility index (Phi) is 4.62. The van der Waals surface area contributed by atoms with E-state index in [0.717, 1.165) is 29.9 Å². The van der Waals surface area contributed by atoms with Crippen molar-refractivity contribution in [3.05, 3.63) is 76.2 Å². The highest BCUT2D eigenvalue weighted by atomic mass is 16.3. The van der Waals surface area contributed by atoms with E-state index in [-0.39, 0.29) is 17.4 Å². The van der Waals surface area contributed by atoms with Gasteiger partial charge >= 0.3 is 0 Å². The summed E-state index contributed by atoms with van der Waals surface area (Å²) in [5.41, 5.74) is 2.14. The summed E-state index contributed by atoms with van der Waals surface area (Å²) in [4.78, 5) is 33.8. The summed E-state index contributed by atoms with van der Waals surface area (Å²) >= 11 is 0. The second kappa shape index (κ2) is 7.23. The lowest BCUT2D eigenvalue weighted by Crippen LogP contribution is -2.39. The summed E-state index contributed by atoms with van der Waals surface area (Å²) in [6.45, 7) is 3.05. The van der Waals surface area contributed by atoms with Gasteiger partial charge in [0.25, 0.3) is 11.5 Å². The van der Waals surface area contributed by atoms with Crippen LogP contribution in [0.1, 0.15) is 40.6 Å². The van der Waals surface area contributed by atoms with Gasteiger partial charge in [-0.05, 0) is 44.0 Å². The molecule has 3 aromatic rings. The van der Waals surface area contributed by atoms with Gasteiger partial charge in [0.1, 0.15) is 11.6 Å². The number of aromatic nitrogens is 2. The van der Waals surface area contributed by atoms with Crippen molar-refractivity contribution in [2.75, 3.05) is 13.1 Å². The van der Waals surface area contributed by atoms with Gasteiger partial charge in [0, 0.05) is 36.2 Å². The number of carbonyl (C=O) groups excluding carboxylic acids is 1. The van der Waals surface area contributed by atoms with Gasteiger partial charge < -0.3 is 14.3 Å². The smallest absolute Gasteiger partial charge is 0.253 e. The molecule has 3 heterocycles. The van der Waals surface area contributed by atoms with E-state index in [1.807, 2.05) is 41.3 Å². The first-order chi connectivity index (χ1) is 13.1. The predicted molar refractivity (Wildman–Crippen MR) is 102 cm³/mol. The molecule has 1 aliphatic heterocycles. The van der Waals surface area contributed by atoms with E-state index < -0.39 is 0 Å². The number of H-pyrrole nitrogens is 1. The molecule has 1 fully saturated rings. The zero-order valence-corrected chi connectivity index (χ0v) is 15.1. The second-order valence-corrected chi connectivity index (χ2v) is 6.90. The number of aromatic amines is 1. The van der Waals surface area contributed by atoms with Crippen LogP contribution in [-0.4, -0.2) is 33.9 Å². The minimum atomic E-state index is -0.146. The zero-order valence-electron chi connectivity index (χ0n) is 15.1. The molecule has 138 valence electrons. The van der Waals surface area contributed by atoms with E-state index in [0.29, 0.717) is 24.5 Å². The van der Waals surface area contributed by atoms with Gasteiger partial charge in [0.05, 0.1) is 12.0 Å². The van der Waals surface area contributed by atoms with Crippen LogP contribution in [0.3, 0.4) is 0 Å². The molecule has 6 nitrogen and oxygen atoms in total. The summed E-state index contributed by atoms with van der Waals surface area (Å²) in [5, 5.41) is 0. The van der Waals surface area contributed by atoms with E-state index in [2.05, 4.69) is 9.97 Å². The van der Waals surface area contributed by atoms with Crippen LogP contribution in [0, 0.1) is 6.92 Å². The molecular formula is C21H21N3O3. The number of hydrogen-bond acceptors (Lipinski definition) is 4. The summed E-state index contributed by atoms with van der Waals surface area (Å²) in [6, 6.07) is 12.7. The van der Waals surface area contributed by atoms with E-state index in [1.165, 1.54) is 0 Å². The van der Waals surface area contributed by atoms with Gasteiger partial charge in [0.15, 0.2) is 0 Å². The van der Waals surface area contributed by atoms with Crippen molar-refractivity contribution >= 4 is 5.91 Å². The fourth-order valence-corrected chi connectivity index (χ4v) is 3.65. The van der Waals surface area contributed by atoms with Crippen molar-refractivity contribution in [1.29, 1.82) is 0 Å². The quantitative estimate of drug-likeness (QED) is 0.774. The van der Waals surface area contributed by atoms with Gasteiger partial charge in [0.2, 0.25) is 0 Å². The average molecular weight is 363 g/mol. The second-order valence-electron chi connectivity index (χ2n) is 6.90. The Morgan fingerprint density at radius 1 is 1.26 bits per heavy atom. The molecular weight excluding hydrogens is 342 g/mol. The van der Waals surface area contributed by atoms with Crippen LogP contribution in [0.4, 0.5) is 0 Å². The van der Waals surface area contributed by atoms with Crippen molar-refractivity contribution in [3.8, 4) is 11.3 Å². The maximum atomic E-state index is 13.0. The Labute approximate surface area is 156 Å². The lowest BCUT2D eigenvalue weighted by Gasteiger charge is -2.32. The number of amides is 1. The first kappa shape index (κ1) is 17.3. The lowest BCUT2D eigenvalue weighted by atomic mass is 9.94. The molecule has 1 amide bonds. The van der Waals surface area contributed by atoms with E-state index in [1.54, 1.807) is 19.3 Å². The van der Waals surface area contributed by atoms with Crippen LogP contribution in [0.5, 0.6) is 0 Å². The van der Waals surface area contributed by atoms with Crippen molar-refractivity contribution in [2.45, 2.75) is 25.7 Å².